The Balaban J connectivity index is 2.48. The van der Waals surface area contributed by atoms with E-state index in [9.17, 15) is 9.59 Å². The second kappa shape index (κ2) is 7.23. The monoisotopic (exact) mass is 307 g/mol. The van der Waals surface area contributed by atoms with Crippen molar-refractivity contribution in [1.29, 1.82) is 5.26 Å². The van der Waals surface area contributed by atoms with E-state index >= 15 is 0 Å². The Hall–Kier alpha value is -3.13. The van der Waals surface area contributed by atoms with E-state index in [1.54, 1.807) is 24.3 Å². The molecule has 0 aliphatic heterocycles. The van der Waals surface area contributed by atoms with Crippen molar-refractivity contribution in [3.63, 3.8) is 0 Å². The van der Waals surface area contributed by atoms with Crippen LogP contribution in [0.1, 0.15) is 27.4 Å². The van der Waals surface area contributed by atoms with Crippen molar-refractivity contribution >= 4 is 11.8 Å². The van der Waals surface area contributed by atoms with E-state index in [2.05, 4.69) is 0 Å². The van der Waals surface area contributed by atoms with Crippen molar-refractivity contribution in [2.45, 2.75) is 12.3 Å². The van der Waals surface area contributed by atoms with Gasteiger partial charge in [-0.3, -0.25) is 14.5 Å². The topological polar surface area (TPSA) is 87.2 Å². The average molecular weight is 307 g/mol. The highest BCUT2D eigenvalue weighted by Gasteiger charge is 2.27. The summed E-state index contributed by atoms with van der Waals surface area (Å²) < 4.78 is 0. The Morgan fingerprint density at radius 2 is 1.74 bits per heavy atom. The SMILES string of the molecule is CN(C#N)C(=O)[C@@H](Cc1ccccc1)c1ccccc1C(N)=O. The molecule has 0 spiro atoms. The number of nitriles is 1. The summed E-state index contributed by atoms with van der Waals surface area (Å²) in [5, 5.41) is 9.01. The highest BCUT2D eigenvalue weighted by Crippen LogP contribution is 2.26. The standard InChI is InChI=1S/C18H17N3O2/c1-21(12-19)18(23)16(11-13-7-3-2-4-8-13)14-9-5-6-10-15(14)17(20)22/h2-10,16H,11H2,1H3,(H2,20,22)/t16-/m0/s1. The second-order valence-corrected chi connectivity index (χ2v) is 5.19. The number of rotatable bonds is 5. The van der Waals surface area contributed by atoms with Crippen LogP contribution in [-0.2, 0) is 11.2 Å². The van der Waals surface area contributed by atoms with Crippen LogP contribution in [0.4, 0.5) is 0 Å². The minimum absolute atomic E-state index is 0.299. The Labute approximate surface area is 134 Å². The van der Waals surface area contributed by atoms with Gasteiger partial charge in [-0.1, -0.05) is 48.5 Å². The molecule has 23 heavy (non-hydrogen) atoms. The van der Waals surface area contributed by atoms with Crippen LogP contribution in [-0.4, -0.2) is 23.8 Å². The zero-order valence-electron chi connectivity index (χ0n) is 12.8. The number of nitrogens with zero attached hydrogens (tertiary/aromatic N) is 2. The van der Waals surface area contributed by atoms with Crippen LogP contribution < -0.4 is 5.73 Å². The van der Waals surface area contributed by atoms with Crippen LogP contribution >= 0.6 is 0 Å². The molecule has 0 bridgehead atoms. The van der Waals surface area contributed by atoms with Crippen LogP contribution in [0.2, 0.25) is 0 Å². The van der Waals surface area contributed by atoms with Gasteiger partial charge in [0.05, 0.1) is 5.92 Å². The first-order valence-electron chi connectivity index (χ1n) is 7.14. The summed E-state index contributed by atoms with van der Waals surface area (Å²) in [6, 6.07) is 16.2. The Morgan fingerprint density at radius 3 is 2.35 bits per heavy atom. The Kier molecular flexibility index (Phi) is 5.11. The number of hydrogen-bond acceptors (Lipinski definition) is 3. The number of nitrogens with two attached hydrogens (primary N) is 1. The molecule has 0 aliphatic carbocycles. The third-order valence-corrected chi connectivity index (χ3v) is 3.66. The molecule has 0 saturated heterocycles. The number of hydrogen-bond donors (Lipinski definition) is 1. The molecule has 2 amide bonds. The fourth-order valence-corrected chi connectivity index (χ4v) is 2.49. The lowest BCUT2D eigenvalue weighted by Gasteiger charge is -2.21. The maximum atomic E-state index is 12.6. The van der Waals surface area contributed by atoms with Crippen molar-refractivity contribution in [3.05, 3.63) is 71.3 Å². The van der Waals surface area contributed by atoms with Crippen LogP contribution in [0.25, 0.3) is 0 Å². The van der Waals surface area contributed by atoms with Crippen molar-refractivity contribution < 1.29 is 9.59 Å². The predicted octanol–water partition coefficient (Wildman–Crippen LogP) is 2.05. The van der Waals surface area contributed by atoms with Gasteiger partial charge in [-0.15, -0.1) is 0 Å². The number of primary amides is 1. The molecule has 5 nitrogen and oxygen atoms in total. The highest BCUT2D eigenvalue weighted by atomic mass is 16.2. The highest BCUT2D eigenvalue weighted by molar-refractivity contribution is 5.97. The molecular formula is C18H17N3O2. The van der Waals surface area contributed by atoms with Gasteiger partial charge in [-0.25, -0.2) is 0 Å². The van der Waals surface area contributed by atoms with Gasteiger partial charge in [0, 0.05) is 12.6 Å². The Morgan fingerprint density at radius 1 is 1.13 bits per heavy atom. The molecule has 0 aliphatic rings. The molecule has 5 heteroatoms. The Bertz CT molecular complexity index is 750. The van der Waals surface area contributed by atoms with Crippen LogP contribution in [0.15, 0.2) is 54.6 Å². The van der Waals surface area contributed by atoms with E-state index in [0.29, 0.717) is 17.5 Å². The third kappa shape index (κ3) is 3.74. The number of carbonyl (C=O) groups excluding carboxylic acids is 2. The maximum Gasteiger partial charge on any atom is 0.249 e. The largest absolute Gasteiger partial charge is 0.366 e. The molecule has 0 aromatic heterocycles. The quantitative estimate of drug-likeness (QED) is 0.677. The lowest BCUT2D eigenvalue weighted by Crippen LogP contribution is -2.30. The molecule has 0 saturated carbocycles. The number of benzene rings is 2. The smallest absolute Gasteiger partial charge is 0.249 e. The first kappa shape index (κ1) is 16.2. The van der Waals surface area contributed by atoms with E-state index < -0.39 is 11.8 Å². The normalized spacial score (nSPS) is 11.3. The molecule has 1 atom stereocenters. The van der Waals surface area contributed by atoms with Gasteiger partial charge in [0.2, 0.25) is 11.8 Å². The molecule has 2 rings (SSSR count). The first-order valence-corrected chi connectivity index (χ1v) is 7.14. The molecular weight excluding hydrogens is 290 g/mol. The molecule has 2 N–H and O–H groups in total. The zero-order chi connectivity index (χ0) is 16.8. The summed E-state index contributed by atoms with van der Waals surface area (Å²) in [5.41, 5.74) is 7.20. The van der Waals surface area contributed by atoms with Gasteiger partial charge in [0.15, 0.2) is 6.19 Å². The second-order valence-electron chi connectivity index (χ2n) is 5.19. The molecule has 2 aromatic rings. The minimum Gasteiger partial charge on any atom is -0.366 e. The molecule has 0 radical (unpaired) electrons. The van der Waals surface area contributed by atoms with E-state index in [4.69, 9.17) is 11.0 Å². The lowest BCUT2D eigenvalue weighted by molar-refractivity contribution is -0.128. The van der Waals surface area contributed by atoms with Gasteiger partial charge in [-0.2, -0.15) is 5.26 Å². The maximum absolute atomic E-state index is 12.6. The van der Waals surface area contributed by atoms with Crippen molar-refractivity contribution in [3.8, 4) is 6.19 Å². The van der Waals surface area contributed by atoms with Gasteiger partial charge >= 0.3 is 0 Å². The van der Waals surface area contributed by atoms with Crippen molar-refractivity contribution in [2.75, 3.05) is 7.05 Å². The van der Waals surface area contributed by atoms with Gasteiger partial charge in [0.25, 0.3) is 0 Å². The van der Waals surface area contributed by atoms with Crippen molar-refractivity contribution in [2.24, 2.45) is 5.73 Å². The van der Waals surface area contributed by atoms with E-state index in [1.807, 2.05) is 36.5 Å². The van der Waals surface area contributed by atoms with Gasteiger partial charge < -0.3 is 5.73 Å². The summed E-state index contributed by atoms with van der Waals surface area (Å²) in [6.07, 6.45) is 2.20. The average Bonchev–Trinajstić information content (AvgIpc) is 2.59. The molecule has 0 heterocycles. The van der Waals surface area contributed by atoms with E-state index in [-0.39, 0.29) is 5.91 Å². The van der Waals surface area contributed by atoms with Gasteiger partial charge in [-0.05, 0) is 23.6 Å². The molecule has 2 aromatic carbocycles. The predicted molar refractivity (Wildman–Crippen MR) is 86.2 cm³/mol. The van der Waals surface area contributed by atoms with Crippen LogP contribution in [0, 0.1) is 11.5 Å². The molecule has 0 fully saturated rings. The zero-order valence-corrected chi connectivity index (χ0v) is 12.8. The number of likely N-dealkylation sites (N-methyl/N-ethyl adjacent to an activating group) is 1. The van der Waals surface area contributed by atoms with Gasteiger partial charge in [0.1, 0.15) is 0 Å². The molecule has 116 valence electrons. The molecule has 0 unspecified atom stereocenters. The lowest BCUT2D eigenvalue weighted by atomic mass is 9.87. The summed E-state index contributed by atoms with van der Waals surface area (Å²) >= 11 is 0. The summed E-state index contributed by atoms with van der Waals surface area (Å²) in [6.45, 7) is 0. The first-order chi connectivity index (χ1) is 11.0. The number of carbonyl (C=O) groups is 2. The van der Waals surface area contributed by atoms with E-state index in [0.717, 1.165) is 10.5 Å². The summed E-state index contributed by atoms with van der Waals surface area (Å²) in [7, 11) is 1.41. The van der Waals surface area contributed by atoms with Crippen LogP contribution in [0.5, 0.6) is 0 Å². The summed E-state index contributed by atoms with van der Waals surface area (Å²) in [5.74, 6) is -1.61. The fraction of sp³-hybridized carbons (Fsp3) is 0.167. The number of amides is 2. The fourth-order valence-electron chi connectivity index (χ4n) is 2.49. The summed E-state index contributed by atoms with van der Waals surface area (Å²) in [4.78, 5) is 25.3. The minimum atomic E-state index is -0.647. The van der Waals surface area contributed by atoms with Crippen molar-refractivity contribution in [1.82, 2.24) is 4.90 Å². The third-order valence-electron chi connectivity index (χ3n) is 3.66. The van der Waals surface area contributed by atoms with E-state index in [1.165, 1.54) is 7.05 Å². The van der Waals surface area contributed by atoms with Crippen LogP contribution in [0.3, 0.4) is 0 Å².